The molecule has 2 heterocycles. The minimum atomic E-state index is -0.935. The summed E-state index contributed by atoms with van der Waals surface area (Å²) >= 11 is 1.33. The quantitative estimate of drug-likeness (QED) is 0.173. The standard InChI is InChI=1S/C32H28N2O5S/c1-4-17-39-25-16-13-22(19-26(25)38-5-2)29-28(24(35)15-12-21-9-7-6-8-10-21)30(36)31(37)34(29)32-33-23-14-11-20(3)18-27(23)40-32/h4,6-16,18-19,29,36H,1,5,17H2,2-3H3/b15-12+. The van der Waals surface area contributed by atoms with Crippen molar-refractivity contribution in [1.29, 1.82) is 0 Å². The Hall–Kier alpha value is -4.69. The molecule has 0 aliphatic carbocycles. The van der Waals surface area contributed by atoms with Gasteiger partial charge in [-0.3, -0.25) is 14.5 Å². The van der Waals surface area contributed by atoms with Crippen molar-refractivity contribution in [3.8, 4) is 11.5 Å². The lowest BCUT2D eigenvalue weighted by molar-refractivity contribution is -0.117. The first-order valence-electron chi connectivity index (χ1n) is 12.8. The van der Waals surface area contributed by atoms with Crippen molar-refractivity contribution >= 4 is 44.5 Å². The molecule has 1 N–H and O–H groups in total. The summed E-state index contributed by atoms with van der Waals surface area (Å²) in [6.07, 6.45) is 4.66. The molecule has 4 aromatic rings. The molecule has 8 heteroatoms. The van der Waals surface area contributed by atoms with E-state index in [9.17, 15) is 14.7 Å². The third kappa shape index (κ3) is 5.26. The second-order valence-corrected chi connectivity index (χ2v) is 10.2. The first kappa shape index (κ1) is 26.9. The number of rotatable bonds is 10. The van der Waals surface area contributed by atoms with Crippen molar-refractivity contribution in [1.82, 2.24) is 4.98 Å². The fraction of sp³-hybridized carbons (Fsp3) is 0.156. The van der Waals surface area contributed by atoms with E-state index >= 15 is 0 Å². The predicted molar refractivity (Wildman–Crippen MR) is 158 cm³/mol. The van der Waals surface area contributed by atoms with Gasteiger partial charge in [0.1, 0.15) is 6.61 Å². The molecule has 1 aliphatic rings. The summed E-state index contributed by atoms with van der Waals surface area (Å²) < 4.78 is 12.5. The number of allylic oxidation sites excluding steroid dienone is 1. The summed E-state index contributed by atoms with van der Waals surface area (Å²) in [6.45, 7) is 8.19. The maximum atomic E-state index is 13.6. The maximum Gasteiger partial charge on any atom is 0.296 e. The molecule has 0 saturated heterocycles. The molecule has 0 spiro atoms. The molecule has 3 aromatic carbocycles. The highest BCUT2D eigenvalue weighted by Gasteiger charge is 2.45. The number of aryl methyl sites for hydroxylation is 1. The number of hydrogen-bond donors (Lipinski definition) is 1. The third-order valence-corrected chi connectivity index (χ3v) is 7.40. The van der Waals surface area contributed by atoms with E-state index < -0.39 is 23.5 Å². The van der Waals surface area contributed by atoms with Gasteiger partial charge in [-0.05, 0) is 60.9 Å². The number of anilines is 1. The van der Waals surface area contributed by atoms with Gasteiger partial charge in [-0.25, -0.2) is 4.98 Å². The summed E-state index contributed by atoms with van der Waals surface area (Å²) in [7, 11) is 0. The largest absolute Gasteiger partial charge is 0.503 e. The van der Waals surface area contributed by atoms with E-state index in [1.165, 1.54) is 22.3 Å². The molecule has 1 atom stereocenters. The molecule has 0 fully saturated rings. The highest BCUT2D eigenvalue weighted by atomic mass is 32.1. The zero-order valence-electron chi connectivity index (χ0n) is 22.2. The van der Waals surface area contributed by atoms with Crippen LogP contribution in [0.4, 0.5) is 5.13 Å². The van der Waals surface area contributed by atoms with E-state index in [2.05, 4.69) is 6.58 Å². The Morgan fingerprint density at radius 3 is 2.65 bits per heavy atom. The average Bonchev–Trinajstić information content (AvgIpc) is 3.49. The topological polar surface area (TPSA) is 89.0 Å². The number of benzene rings is 3. The minimum Gasteiger partial charge on any atom is -0.503 e. The lowest BCUT2D eigenvalue weighted by Gasteiger charge is -2.25. The molecule has 5 rings (SSSR count). The van der Waals surface area contributed by atoms with Gasteiger partial charge in [0, 0.05) is 0 Å². The number of thiazole rings is 1. The number of ketones is 1. The molecule has 202 valence electrons. The first-order chi connectivity index (χ1) is 19.4. The molecular formula is C32H28N2O5S. The summed E-state index contributed by atoms with van der Waals surface area (Å²) in [6, 6.07) is 19.5. The van der Waals surface area contributed by atoms with Gasteiger partial charge in [0.15, 0.2) is 28.2 Å². The van der Waals surface area contributed by atoms with Crippen LogP contribution < -0.4 is 14.4 Å². The number of aromatic nitrogens is 1. The summed E-state index contributed by atoms with van der Waals surface area (Å²) in [5.74, 6) is -0.826. The molecule has 0 radical (unpaired) electrons. The summed E-state index contributed by atoms with van der Waals surface area (Å²) in [4.78, 5) is 33.3. The second kappa shape index (κ2) is 11.6. The van der Waals surface area contributed by atoms with Crippen LogP contribution in [-0.2, 0) is 9.59 Å². The van der Waals surface area contributed by atoms with Crippen molar-refractivity contribution in [2.45, 2.75) is 19.9 Å². The average molecular weight is 553 g/mol. The number of aliphatic hydroxyl groups excluding tert-OH is 1. The van der Waals surface area contributed by atoms with Gasteiger partial charge in [-0.1, -0.05) is 72.5 Å². The normalized spacial score (nSPS) is 15.3. The monoisotopic (exact) mass is 552 g/mol. The molecule has 0 bridgehead atoms. The Bertz CT molecular complexity index is 1650. The van der Waals surface area contributed by atoms with Crippen LogP contribution >= 0.6 is 11.3 Å². The Balaban J connectivity index is 1.63. The van der Waals surface area contributed by atoms with Gasteiger partial charge in [-0.2, -0.15) is 0 Å². The summed E-state index contributed by atoms with van der Waals surface area (Å²) in [5.41, 5.74) is 3.14. The summed E-state index contributed by atoms with van der Waals surface area (Å²) in [5, 5.41) is 11.5. The van der Waals surface area contributed by atoms with Gasteiger partial charge in [0.25, 0.3) is 5.91 Å². The number of carbonyl (C=O) groups is 2. The van der Waals surface area contributed by atoms with Crippen LogP contribution in [-0.4, -0.2) is 35.0 Å². The fourth-order valence-electron chi connectivity index (χ4n) is 4.55. The number of fused-ring (bicyclic) bond motifs is 1. The van der Waals surface area contributed by atoms with Crippen LogP contribution in [0.5, 0.6) is 11.5 Å². The van der Waals surface area contributed by atoms with E-state index in [1.807, 2.05) is 62.4 Å². The molecule has 40 heavy (non-hydrogen) atoms. The van der Waals surface area contributed by atoms with E-state index in [0.717, 1.165) is 21.3 Å². The van der Waals surface area contributed by atoms with Crippen molar-refractivity contribution in [3.63, 3.8) is 0 Å². The van der Waals surface area contributed by atoms with Crippen molar-refractivity contribution in [2.75, 3.05) is 18.1 Å². The molecule has 1 amide bonds. The Morgan fingerprint density at radius 2 is 1.90 bits per heavy atom. The van der Waals surface area contributed by atoms with E-state index in [1.54, 1.807) is 30.4 Å². The highest BCUT2D eigenvalue weighted by molar-refractivity contribution is 7.22. The lowest BCUT2D eigenvalue weighted by Crippen LogP contribution is -2.30. The molecular weight excluding hydrogens is 524 g/mol. The number of carbonyl (C=O) groups excluding carboxylic acids is 2. The zero-order chi connectivity index (χ0) is 28.2. The first-order valence-corrected chi connectivity index (χ1v) is 13.6. The van der Waals surface area contributed by atoms with Crippen LogP contribution in [0.3, 0.4) is 0 Å². The van der Waals surface area contributed by atoms with E-state index in [-0.39, 0.29) is 12.2 Å². The van der Waals surface area contributed by atoms with Gasteiger partial charge in [0.2, 0.25) is 0 Å². The number of hydrogen-bond acceptors (Lipinski definition) is 7. The Morgan fingerprint density at radius 1 is 1.10 bits per heavy atom. The number of aliphatic hydroxyl groups is 1. The molecule has 1 aromatic heterocycles. The Labute approximate surface area is 236 Å². The third-order valence-electron chi connectivity index (χ3n) is 6.38. The second-order valence-electron chi connectivity index (χ2n) is 9.15. The zero-order valence-corrected chi connectivity index (χ0v) is 23.0. The van der Waals surface area contributed by atoms with Crippen LogP contribution in [0, 0.1) is 6.92 Å². The van der Waals surface area contributed by atoms with Gasteiger partial charge in [0.05, 0.1) is 28.4 Å². The van der Waals surface area contributed by atoms with E-state index in [4.69, 9.17) is 14.5 Å². The van der Waals surface area contributed by atoms with Gasteiger partial charge in [-0.15, -0.1) is 0 Å². The van der Waals surface area contributed by atoms with Crippen LogP contribution in [0.1, 0.15) is 29.7 Å². The predicted octanol–water partition coefficient (Wildman–Crippen LogP) is 6.75. The fourth-order valence-corrected chi connectivity index (χ4v) is 5.64. The van der Waals surface area contributed by atoms with Gasteiger partial charge < -0.3 is 14.6 Å². The van der Waals surface area contributed by atoms with Gasteiger partial charge >= 0.3 is 0 Å². The SMILES string of the molecule is C=CCOc1ccc(C2C(C(=O)/C=C/c3ccccc3)=C(O)C(=O)N2c2nc3ccc(C)cc3s2)cc1OCC. The number of nitrogens with zero attached hydrogens (tertiary/aromatic N) is 2. The van der Waals surface area contributed by atoms with Crippen LogP contribution in [0.25, 0.3) is 16.3 Å². The highest BCUT2D eigenvalue weighted by Crippen LogP contribution is 2.45. The lowest BCUT2D eigenvalue weighted by atomic mass is 9.95. The van der Waals surface area contributed by atoms with E-state index in [0.29, 0.717) is 28.8 Å². The minimum absolute atomic E-state index is 0.0326. The van der Waals surface area contributed by atoms with Crippen molar-refractivity contribution in [2.24, 2.45) is 0 Å². The molecule has 1 unspecified atom stereocenters. The molecule has 0 saturated carbocycles. The molecule has 7 nitrogen and oxygen atoms in total. The number of amides is 1. The number of ether oxygens (including phenoxy) is 2. The maximum absolute atomic E-state index is 13.6. The van der Waals surface area contributed by atoms with Crippen molar-refractivity contribution < 1.29 is 24.2 Å². The van der Waals surface area contributed by atoms with Crippen molar-refractivity contribution in [3.05, 3.63) is 113 Å². The molecule has 1 aliphatic heterocycles. The van der Waals surface area contributed by atoms with Crippen LogP contribution in [0.2, 0.25) is 0 Å². The smallest absolute Gasteiger partial charge is 0.296 e. The van der Waals surface area contributed by atoms with Crippen LogP contribution in [0.15, 0.2) is 96.8 Å². The Kier molecular flexibility index (Phi) is 7.79.